The Bertz CT molecular complexity index is 667. The Morgan fingerprint density at radius 1 is 1.13 bits per heavy atom. The molecule has 6 heteroatoms. The first-order chi connectivity index (χ1) is 11.0. The highest BCUT2D eigenvalue weighted by Gasteiger charge is 2.09. The van der Waals surface area contributed by atoms with E-state index < -0.39 is 5.97 Å². The standard InChI is InChI=1S/C17H19NO4S/c1-12-5-6-14(8-13(12)2)21-11-17(20)22-10-16(19)18-9-15-4-3-7-23-15/h3-8H,9-11H2,1-2H3,(H,18,19). The van der Waals surface area contributed by atoms with Gasteiger partial charge in [0.15, 0.2) is 13.2 Å². The summed E-state index contributed by atoms with van der Waals surface area (Å²) < 4.78 is 10.2. The summed E-state index contributed by atoms with van der Waals surface area (Å²) in [4.78, 5) is 24.2. The third-order valence-electron chi connectivity index (χ3n) is 3.24. The molecule has 1 heterocycles. The van der Waals surface area contributed by atoms with Gasteiger partial charge in [-0.3, -0.25) is 4.79 Å². The smallest absolute Gasteiger partial charge is 0.344 e. The second kappa shape index (κ2) is 8.33. The first-order valence-corrected chi connectivity index (χ1v) is 8.07. The van der Waals surface area contributed by atoms with Gasteiger partial charge in [0.25, 0.3) is 5.91 Å². The fourth-order valence-electron chi connectivity index (χ4n) is 1.78. The van der Waals surface area contributed by atoms with Crippen molar-refractivity contribution in [3.63, 3.8) is 0 Å². The zero-order valence-electron chi connectivity index (χ0n) is 13.1. The molecule has 122 valence electrons. The van der Waals surface area contributed by atoms with Crippen LogP contribution in [-0.4, -0.2) is 25.1 Å². The van der Waals surface area contributed by atoms with Gasteiger partial charge in [0.1, 0.15) is 5.75 Å². The number of aryl methyl sites for hydroxylation is 2. The molecule has 0 aliphatic rings. The van der Waals surface area contributed by atoms with Crippen molar-refractivity contribution in [2.75, 3.05) is 13.2 Å². The first kappa shape index (κ1) is 17.0. The lowest BCUT2D eigenvalue weighted by molar-refractivity contribution is -0.150. The van der Waals surface area contributed by atoms with Crippen LogP contribution in [0, 0.1) is 13.8 Å². The van der Waals surface area contributed by atoms with E-state index in [1.54, 1.807) is 17.4 Å². The van der Waals surface area contributed by atoms with Gasteiger partial charge in [-0.15, -0.1) is 11.3 Å². The van der Waals surface area contributed by atoms with E-state index >= 15 is 0 Å². The molecule has 0 bridgehead atoms. The summed E-state index contributed by atoms with van der Waals surface area (Å²) in [5.74, 6) is -0.306. The van der Waals surface area contributed by atoms with E-state index in [1.165, 1.54) is 0 Å². The van der Waals surface area contributed by atoms with Crippen LogP contribution in [0.4, 0.5) is 0 Å². The lowest BCUT2D eigenvalue weighted by Crippen LogP contribution is -2.29. The molecule has 0 atom stereocenters. The Labute approximate surface area is 139 Å². The number of carbonyl (C=O) groups excluding carboxylic acids is 2. The molecule has 0 aliphatic carbocycles. The number of ether oxygens (including phenoxy) is 2. The minimum Gasteiger partial charge on any atom is -0.482 e. The first-order valence-electron chi connectivity index (χ1n) is 7.19. The Hall–Kier alpha value is -2.34. The molecule has 2 aromatic rings. The minimum atomic E-state index is -0.575. The molecule has 0 unspecified atom stereocenters. The number of benzene rings is 1. The average molecular weight is 333 g/mol. The highest BCUT2D eigenvalue weighted by Crippen LogP contribution is 2.16. The van der Waals surface area contributed by atoms with Gasteiger partial charge in [0, 0.05) is 4.88 Å². The van der Waals surface area contributed by atoms with Crippen LogP contribution in [0.5, 0.6) is 5.75 Å². The molecule has 5 nitrogen and oxygen atoms in total. The van der Waals surface area contributed by atoms with Gasteiger partial charge in [0.2, 0.25) is 0 Å². The van der Waals surface area contributed by atoms with Gasteiger partial charge < -0.3 is 14.8 Å². The molecular formula is C17H19NO4S. The summed E-state index contributed by atoms with van der Waals surface area (Å²) in [5.41, 5.74) is 2.24. The predicted octanol–water partition coefficient (Wildman–Crippen LogP) is 2.60. The van der Waals surface area contributed by atoms with Crippen LogP contribution in [-0.2, 0) is 20.9 Å². The van der Waals surface area contributed by atoms with Crippen molar-refractivity contribution in [2.45, 2.75) is 20.4 Å². The summed E-state index contributed by atoms with van der Waals surface area (Å²) >= 11 is 1.55. The zero-order valence-corrected chi connectivity index (χ0v) is 13.9. The van der Waals surface area contributed by atoms with E-state index in [2.05, 4.69) is 5.32 Å². The summed E-state index contributed by atoms with van der Waals surface area (Å²) in [6.07, 6.45) is 0. The van der Waals surface area contributed by atoms with Gasteiger partial charge in [-0.05, 0) is 48.6 Å². The molecule has 0 spiro atoms. The topological polar surface area (TPSA) is 64.6 Å². The number of esters is 1. The quantitative estimate of drug-likeness (QED) is 0.791. The molecule has 0 radical (unpaired) electrons. The van der Waals surface area contributed by atoms with Gasteiger partial charge in [-0.25, -0.2) is 4.79 Å². The van der Waals surface area contributed by atoms with Crippen molar-refractivity contribution in [2.24, 2.45) is 0 Å². The third-order valence-corrected chi connectivity index (χ3v) is 4.12. The van der Waals surface area contributed by atoms with E-state index in [-0.39, 0.29) is 19.1 Å². The highest BCUT2D eigenvalue weighted by molar-refractivity contribution is 7.09. The number of amides is 1. The summed E-state index contributed by atoms with van der Waals surface area (Å²) in [6, 6.07) is 9.42. The number of nitrogens with one attached hydrogen (secondary N) is 1. The lowest BCUT2D eigenvalue weighted by Gasteiger charge is -2.09. The fraction of sp³-hybridized carbons (Fsp3) is 0.294. The van der Waals surface area contributed by atoms with Crippen LogP contribution in [0.25, 0.3) is 0 Å². The highest BCUT2D eigenvalue weighted by atomic mass is 32.1. The third kappa shape index (κ3) is 5.75. The van der Waals surface area contributed by atoms with Crippen molar-refractivity contribution in [3.05, 3.63) is 51.7 Å². The minimum absolute atomic E-state index is 0.222. The SMILES string of the molecule is Cc1ccc(OCC(=O)OCC(=O)NCc2cccs2)cc1C. The van der Waals surface area contributed by atoms with Crippen molar-refractivity contribution >= 4 is 23.2 Å². The number of carbonyl (C=O) groups is 2. The molecule has 1 aromatic heterocycles. The molecule has 1 N–H and O–H groups in total. The Morgan fingerprint density at radius 3 is 2.65 bits per heavy atom. The number of hydrogen-bond acceptors (Lipinski definition) is 5. The van der Waals surface area contributed by atoms with Crippen molar-refractivity contribution < 1.29 is 19.1 Å². The number of rotatable bonds is 7. The number of hydrogen-bond donors (Lipinski definition) is 1. The van der Waals surface area contributed by atoms with Gasteiger partial charge >= 0.3 is 5.97 Å². The number of thiophene rings is 1. The van der Waals surface area contributed by atoms with E-state index in [9.17, 15) is 9.59 Å². The van der Waals surface area contributed by atoms with E-state index in [1.807, 2.05) is 43.5 Å². The summed E-state index contributed by atoms with van der Waals surface area (Å²) in [7, 11) is 0. The Morgan fingerprint density at radius 2 is 1.96 bits per heavy atom. The van der Waals surface area contributed by atoms with Crippen LogP contribution >= 0.6 is 11.3 Å². The molecule has 2 rings (SSSR count). The Balaban J connectivity index is 1.66. The predicted molar refractivity (Wildman–Crippen MR) is 88.5 cm³/mol. The largest absolute Gasteiger partial charge is 0.482 e. The van der Waals surface area contributed by atoms with Crippen molar-refractivity contribution in [1.29, 1.82) is 0 Å². The summed E-state index contributed by atoms with van der Waals surface area (Å²) in [5, 5.41) is 4.62. The van der Waals surface area contributed by atoms with Crippen LogP contribution < -0.4 is 10.1 Å². The maximum atomic E-state index is 11.6. The molecule has 0 fully saturated rings. The summed E-state index contributed by atoms with van der Waals surface area (Å²) in [6.45, 7) is 3.88. The lowest BCUT2D eigenvalue weighted by atomic mass is 10.1. The monoisotopic (exact) mass is 333 g/mol. The fourth-order valence-corrected chi connectivity index (χ4v) is 2.43. The van der Waals surface area contributed by atoms with E-state index in [0.29, 0.717) is 12.3 Å². The molecule has 0 saturated heterocycles. The van der Waals surface area contributed by atoms with E-state index in [4.69, 9.17) is 9.47 Å². The maximum absolute atomic E-state index is 11.6. The van der Waals surface area contributed by atoms with Crippen molar-refractivity contribution in [1.82, 2.24) is 5.32 Å². The average Bonchev–Trinajstić information content (AvgIpc) is 3.05. The van der Waals surface area contributed by atoms with Gasteiger partial charge in [0.05, 0.1) is 6.54 Å². The second-order valence-electron chi connectivity index (χ2n) is 5.05. The molecule has 0 aliphatic heterocycles. The van der Waals surface area contributed by atoms with Crippen LogP contribution in [0.1, 0.15) is 16.0 Å². The zero-order chi connectivity index (χ0) is 16.7. The van der Waals surface area contributed by atoms with Crippen LogP contribution in [0.15, 0.2) is 35.7 Å². The maximum Gasteiger partial charge on any atom is 0.344 e. The van der Waals surface area contributed by atoms with Gasteiger partial charge in [-0.2, -0.15) is 0 Å². The van der Waals surface area contributed by atoms with Gasteiger partial charge in [-0.1, -0.05) is 12.1 Å². The van der Waals surface area contributed by atoms with Crippen molar-refractivity contribution in [3.8, 4) is 5.75 Å². The van der Waals surface area contributed by atoms with Crippen LogP contribution in [0.2, 0.25) is 0 Å². The molecule has 0 saturated carbocycles. The second-order valence-corrected chi connectivity index (χ2v) is 6.08. The molecular weight excluding hydrogens is 314 g/mol. The normalized spacial score (nSPS) is 10.2. The molecule has 23 heavy (non-hydrogen) atoms. The Kier molecular flexibility index (Phi) is 6.17. The molecule has 1 amide bonds. The van der Waals surface area contributed by atoms with E-state index in [0.717, 1.165) is 16.0 Å². The molecule has 1 aromatic carbocycles. The van der Waals surface area contributed by atoms with Crippen LogP contribution in [0.3, 0.4) is 0 Å².